The van der Waals surface area contributed by atoms with E-state index in [2.05, 4.69) is 6.58 Å². The highest BCUT2D eigenvalue weighted by molar-refractivity contribution is 6.29. The van der Waals surface area contributed by atoms with Crippen molar-refractivity contribution in [3.8, 4) is 0 Å². The molecule has 2 heteroatoms. The number of halogens is 1. The molecule has 0 aliphatic carbocycles. The summed E-state index contributed by atoms with van der Waals surface area (Å²) in [6, 6.07) is 0. The molecule has 0 saturated carbocycles. The van der Waals surface area contributed by atoms with Gasteiger partial charge in [-0.15, -0.1) is 0 Å². The number of rotatable bonds is 2. The molecule has 0 radical (unpaired) electrons. The summed E-state index contributed by atoms with van der Waals surface area (Å²) >= 11 is 5.47. The molecule has 46 valence electrons. The Kier molecular flexibility index (Phi) is 3.37. The molecule has 0 aromatic rings. The summed E-state index contributed by atoms with van der Waals surface area (Å²) in [6.07, 6.45) is 1.65. The molecule has 1 nitrogen and oxygen atoms in total. The highest BCUT2D eigenvalue weighted by Gasteiger charge is 1.82. The van der Waals surface area contributed by atoms with Gasteiger partial charge in [-0.2, -0.15) is 0 Å². The van der Waals surface area contributed by atoms with Crippen LogP contribution in [0.5, 0.6) is 0 Å². The second-order valence-electron chi connectivity index (χ2n) is 1.40. The Labute approximate surface area is 54.6 Å². The third-order valence-corrected chi connectivity index (χ3v) is 0.731. The minimum Gasteiger partial charge on any atom is -0.497 e. The monoisotopic (exact) mass is 132 g/mol. The average Bonchev–Trinajstić information content (AvgIpc) is 1.65. The van der Waals surface area contributed by atoms with E-state index in [1.807, 2.05) is 0 Å². The van der Waals surface area contributed by atoms with E-state index in [0.29, 0.717) is 10.8 Å². The third kappa shape index (κ3) is 3.75. The van der Waals surface area contributed by atoms with Crippen LogP contribution in [0.4, 0.5) is 0 Å². The Hall–Kier alpha value is -0.430. The molecule has 0 amide bonds. The fourth-order valence-electron chi connectivity index (χ4n) is 0.281. The smallest absolute Gasteiger partial charge is 0.112 e. The zero-order valence-corrected chi connectivity index (χ0v) is 5.83. The van der Waals surface area contributed by atoms with Gasteiger partial charge in [0.05, 0.1) is 7.11 Å². The van der Waals surface area contributed by atoms with Gasteiger partial charge in [-0.25, -0.2) is 0 Å². The maximum Gasteiger partial charge on any atom is 0.112 e. The van der Waals surface area contributed by atoms with Crippen LogP contribution in [0, 0.1) is 0 Å². The van der Waals surface area contributed by atoms with Crippen LogP contribution in [0.2, 0.25) is 0 Å². The molecule has 8 heavy (non-hydrogen) atoms. The van der Waals surface area contributed by atoms with Gasteiger partial charge in [0, 0.05) is 5.03 Å². The molecular weight excluding hydrogens is 124 g/mol. The summed E-state index contributed by atoms with van der Waals surface area (Å²) < 4.78 is 4.71. The lowest BCUT2D eigenvalue weighted by Crippen LogP contribution is -1.76. The topological polar surface area (TPSA) is 9.23 Å². The zero-order valence-electron chi connectivity index (χ0n) is 5.07. The number of ether oxygens (including phenoxy) is 1. The molecule has 0 rings (SSSR count). The molecule has 0 aliphatic heterocycles. The lowest BCUT2D eigenvalue weighted by atomic mass is 10.5. The molecule has 0 bridgehead atoms. The first kappa shape index (κ1) is 7.57. The van der Waals surface area contributed by atoms with Gasteiger partial charge in [-0.05, 0) is 13.0 Å². The van der Waals surface area contributed by atoms with Gasteiger partial charge in [-0.3, -0.25) is 0 Å². The van der Waals surface area contributed by atoms with Crippen molar-refractivity contribution in [2.24, 2.45) is 0 Å². The van der Waals surface area contributed by atoms with Crippen LogP contribution < -0.4 is 0 Å². The molecule has 0 aliphatic rings. The Bertz CT molecular complexity index is 112. The fraction of sp³-hybridized carbons (Fsp3) is 0.333. The van der Waals surface area contributed by atoms with E-state index in [1.165, 1.54) is 0 Å². The van der Waals surface area contributed by atoms with Gasteiger partial charge in [0.2, 0.25) is 0 Å². The molecule has 0 saturated heterocycles. The molecule has 0 fully saturated rings. The fourth-order valence-corrected chi connectivity index (χ4v) is 0.402. The van der Waals surface area contributed by atoms with Crippen LogP contribution in [-0.2, 0) is 4.74 Å². The summed E-state index contributed by atoms with van der Waals surface area (Å²) in [5.41, 5.74) is 0. The van der Waals surface area contributed by atoms with Gasteiger partial charge >= 0.3 is 0 Å². The van der Waals surface area contributed by atoms with Crippen LogP contribution in [0.1, 0.15) is 6.92 Å². The van der Waals surface area contributed by atoms with Crippen LogP contribution in [0.3, 0.4) is 0 Å². The Morgan fingerprint density at radius 3 is 2.38 bits per heavy atom. The van der Waals surface area contributed by atoms with Crippen molar-refractivity contribution >= 4 is 11.6 Å². The zero-order chi connectivity index (χ0) is 6.57. The van der Waals surface area contributed by atoms with Gasteiger partial charge in [0.25, 0.3) is 0 Å². The van der Waals surface area contributed by atoms with E-state index >= 15 is 0 Å². The highest BCUT2D eigenvalue weighted by Crippen LogP contribution is 2.03. The molecule has 0 spiro atoms. The summed E-state index contributed by atoms with van der Waals surface area (Å²) in [5.74, 6) is 0.581. The van der Waals surface area contributed by atoms with E-state index in [0.717, 1.165) is 0 Å². The summed E-state index contributed by atoms with van der Waals surface area (Å²) in [6.45, 7) is 5.30. The van der Waals surface area contributed by atoms with Crippen molar-refractivity contribution in [2.45, 2.75) is 6.92 Å². The third-order valence-electron chi connectivity index (χ3n) is 0.622. The summed E-state index contributed by atoms with van der Waals surface area (Å²) in [5, 5.41) is 0.678. The van der Waals surface area contributed by atoms with Crippen molar-refractivity contribution < 1.29 is 4.74 Å². The standard InChI is InChI=1S/C6H9ClO/c1-5(7)4-6(2)8-3/h4H,2H2,1,3H3/b5-4+. The number of hydrogen-bond donors (Lipinski definition) is 0. The Morgan fingerprint density at radius 1 is 1.75 bits per heavy atom. The predicted octanol–water partition coefficient (Wildman–Crippen LogP) is 2.29. The summed E-state index contributed by atoms with van der Waals surface area (Å²) in [4.78, 5) is 0. The normalized spacial score (nSPS) is 11.1. The second-order valence-corrected chi connectivity index (χ2v) is 2.00. The summed E-state index contributed by atoms with van der Waals surface area (Å²) in [7, 11) is 1.55. The van der Waals surface area contributed by atoms with E-state index in [-0.39, 0.29) is 0 Å². The highest BCUT2D eigenvalue weighted by atomic mass is 35.5. The molecule has 0 unspecified atom stereocenters. The molecule has 0 aromatic heterocycles. The van der Waals surface area contributed by atoms with Gasteiger partial charge < -0.3 is 4.74 Å². The molecule has 0 aromatic carbocycles. The van der Waals surface area contributed by atoms with Crippen molar-refractivity contribution in [3.05, 3.63) is 23.4 Å². The largest absolute Gasteiger partial charge is 0.497 e. The quantitative estimate of drug-likeness (QED) is 0.414. The molecular formula is C6H9ClO. The average molecular weight is 133 g/mol. The van der Waals surface area contributed by atoms with Crippen LogP contribution >= 0.6 is 11.6 Å². The maximum absolute atomic E-state index is 5.47. The van der Waals surface area contributed by atoms with Gasteiger partial charge in [0.15, 0.2) is 0 Å². The minimum absolute atomic E-state index is 0.581. The number of hydrogen-bond acceptors (Lipinski definition) is 1. The van der Waals surface area contributed by atoms with Gasteiger partial charge in [0.1, 0.15) is 5.76 Å². The first-order valence-corrected chi connectivity index (χ1v) is 2.61. The Morgan fingerprint density at radius 2 is 2.25 bits per heavy atom. The predicted molar refractivity (Wildman–Crippen MR) is 35.8 cm³/mol. The van der Waals surface area contributed by atoms with E-state index in [4.69, 9.17) is 16.3 Å². The molecule has 0 N–H and O–H groups in total. The lowest BCUT2D eigenvalue weighted by molar-refractivity contribution is 0.308. The second kappa shape index (κ2) is 3.56. The van der Waals surface area contributed by atoms with Crippen molar-refractivity contribution in [3.63, 3.8) is 0 Å². The first-order valence-electron chi connectivity index (χ1n) is 2.23. The van der Waals surface area contributed by atoms with E-state index in [9.17, 15) is 0 Å². The van der Waals surface area contributed by atoms with Crippen LogP contribution in [0.15, 0.2) is 23.4 Å². The van der Waals surface area contributed by atoms with E-state index < -0.39 is 0 Å². The SMILES string of the molecule is C=C(/C=C(\C)Cl)OC. The Balaban J connectivity index is 3.70. The van der Waals surface area contributed by atoms with Crippen molar-refractivity contribution in [2.75, 3.05) is 7.11 Å². The van der Waals surface area contributed by atoms with E-state index in [1.54, 1.807) is 20.1 Å². The lowest BCUT2D eigenvalue weighted by Gasteiger charge is -1.94. The van der Waals surface area contributed by atoms with Crippen LogP contribution in [-0.4, -0.2) is 7.11 Å². The number of allylic oxidation sites excluding steroid dienone is 2. The molecule has 0 atom stereocenters. The first-order chi connectivity index (χ1) is 3.66. The van der Waals surface area contributed by atoms with Crippen LogP contribution in [0.25, 0.3) is 0 Å². The number of methoxy groups -OCH3 is 1. The molecule has 0 heterocycles. The van der Waals surface area contributed by atoms with Crippen molar-refractivity contribution in [1.82, 2.24) is 0 Å². The van der Waals surface area contributed by atoms with Crippen molar-refractivity contribution in [1.29, 1.82) is 0 Å². The maximum atomic E-state index is 5.47. The minimum atomic E-state index is 0.581. The van der Waals surface area contributed by atoms with Gasteiger partial charge in [-0.1, -0.05) is 18.2 Å².